The summed E-state index contributed by atoms with van der Waals surface area (Å²) in [6.07, 6.45) is 5.72. The van der Waals surface area contributed by atoms with Gasteiger partial charge in [-0.3, -0.25) is 33.5 Å². The smallest absolute Gasteiger partial charge is 0.222 e. The van der Waals surface area contributed by atoms with Crippen LogP contribution in [0.3, 0.4) is 0 Å². The fraction of sp³-hybridized carbons (Fsp3) is 0.365. The minimum absolute atomic E-state index is 0.0252. The van der Waals surface area contributed by atoms with Gasteiger partial charge in [-0.1, -0.05) is 55.1 Å². The maximum Gasteiger partial charge on any atom is 0.222 e. The van der Waals surface area contributed by atoms with E-state index in [1.807, 2.05) is 115 Å². The first kappa shape index (κ1) is 48.8. The molecule has 15 nitrogen and oxygen atoms in total. The van der Waals surface area contributed by atoms with E-state index in [0.717, 1.165) is 82.1 Å². The van der Waals surface area contributed by atoms with E-state index in [-0.39, 0.29) is 30.4 Å². The molecule has 0 unspecified atom stereocenters. The second-order valence-corrected chi connectivity index (χ2v) is 18.6. The number of nitrogens with zero attached hydrogens (tertiary/aromatic N) is 8. The lowest BCUT2D eigenvalue weighted by molar-refractivity contribution is -0.121. The Morgan fingerprint density at radius 2 is 1.17 bits per heavy atom. The molecule has 0 fully saturated rings. The lowest BCUT2D eigenvalue weighted by Crippen LogP contribution is -2.25. The lowest BCUT2D eigenvalue weighted by Gasteiger charge is -2.14. The van der Waals surface area contributed by atoms with Crippen LogP contribution in [0.5, 0.6) is 11.5 Å². The zero-order valence-corrected chi connectivity index (χ0v) is 41.2. The van der Waals surface area contributed by atoms with Crippen LogP contribution in [0.2, 0.25) is 5.02 Å². The number of carbonyl (C=O) groups excluding carboxylic acids is 3. The molecule has 2 aliphatic rings. The maximum atomic E-state index is 13.5. The summed E-state index contributed by atoms with van der Waals surface area (Å²) < 4.78 is 15.2. The van der Waals surface area contributed by atoms with Crippen LogP contribution in [0, 0.1) is 13.8 Å². The highest BCUT2D eigenvalue weighted by Crippen LogP contribution is 2.37. The van der Waals surface area contributed by atoms with Gasteiger partial charge < -0.3 is 20.1 Å². The van der Waals surface area contributed by atoms with Gasteiger partial charge in [0.1, 0.15) is 41.0 Å². The first-order valence-corrected chi connectivity index (χ1v) is 24.8. The van der Waals surface area contributed by atoms with Crippen LogP contribution < -0.4 is 20.1 Å². The standard InChI is InChI=1S/C52H57ClN10O5S/c1-6-54-48(66)31-44-52-61-59-33(3)63(52)46-24-20-39(68-5)30-42(46)50(57-44)35-15-21-40(22-16-35)69-27-25-47(65)55-26-11-9-7-8-10-12-37(64)28-43-51-60-58-32(2)62(51)45-23-19-38(67-4)29-41(45)49(56-43)34-13-17-36(53)18-14-34/h13-24,29-30,43-44H,6-12,25-28,31H2,1-5H3,(H,54,66)(H,55,65)/t43-,44-/m0/s1. The Morgan fingerprint density at radius 3 is 1.74 bits per heavy atom. The summed E-state index contributed by atoms with van der Waals surface area (Å²) >= 11 is 7.87. The molecule has 0 saturated carbocycles. The summed E-state index contributed by atoms with van der Waals surface area (Å²) in [7, 11) is 3.27. The largest absolute Gasteiger partial charge is 0.497 e. The monoisotopic (exact) mass is 968 g/mol. The number of hydrogen-bond acceptors (Lipinski definition) is 12. The average molecular weight is 970 g/mol. The van der Waals surface area contributed by atoms with E-state index in [0.29, 0.717) is 71.5 Å². The Kier molecular flexibility index (Phi) is 16.0. The number of fused-ring (bicyclic) bond motifs is 6. The first-order valence-electron chi connectivity index (χ1n) is 23.5. The molecular weight excluding hydrogens is 912 g/mol. The van der Waals surface area contributed by atoms with Gasteiger partial charge in [0.15, 0.2) is 11.6 Å². The molecule has 2 atom stereocenters. The quantitative estimate of drug-likeness (QED) is 0.0522. The number of unbranched alkanes of at least 4 members (excludes halogenated alkanes) is 4. The number of rotatable bonds is 21. The molecule has 358 valence electrons. The Morgan fingerprint density at radius 1 is 0.638 bits per heavy atom. The van der Waals surface area contributed by atoms with Crippen molar-refractivity contribution >= 4 is 52.4 Å². The van der Waals surface area contributed by atoms with Crippen LogP contribution in [0.1, 0.15) is 122 Å². The summed E-state index contributed by atoms with van der Waals surface area (Å²) in [5.74, 6) is 4.71. The highest BCUT2D eigenvalue weighted by Gasteiger charge is 2.32. The third-order valence-electron chi connectivity index (χ3n) is 12.2. The van der Waals surface area contributed by atoms with Crippen molar-refractivity contribution in [3.8, 4) is 22.9 Å². The normalized spacial score (nSPS) is 14.8. The molecule has 0 bridgehead atoms. The minimum Gasteiger partial charge on any atom is -0.497 e. The van der Waals surface area contributed by atoms with Crippen LogP contribution in [0.25, 0.3) is 11.4 Å². The third-order valence-corrected chi connectivity index (χ3v) is 13.5. The predicted octanol–water partition coefficient (Wildman–Crippen LogP) is 9.04. The van der Waals surface area contributed by atoms with Gasteiger partial charge in [-0.15, -0.1) is 32.2 Å². The van der Waals surface area contributed by atoms with Crippen molar-refractivity contribution < 1.29 is 23.9 Å². The number of hydrogen-bond donors (Lipinski definition) is 2. The van der Waals surface area contributed by atoms with Crippen LogP contribution in [0.15, 0.2) is 99.8 Å². The molecule has 0 spiro atoms. The van der Waals surface area contributed by atoms with Crippen LogP contribution in [-0.2, 0) is 14.4 Å². The van der Waals surface area contributed by atoms with Crippen LogP contribution in [0.4, 0.5) is 0 Å². The first-order chi connectivity index (χ1) is 33.5. The maximum absolute atomic E-state index is 13.5. The summed E-state index contributed by atoms with van der Waals surface area (Å²) in [6.45, 7) is 6.82. The van der Waals surface area contributed by atoms with E-state index in [1.54, 1.807) is 26.0 Å². The van der Waals surface area contributed by atoms with Crippen molar-refractivity contribution in [3.63, 3.8) is 0 Å². The zero-order valence-electron chi connectivity index (χ0n) is 39.6. The molecule has 69 heavy (non-hydrogen) atoms. The fourth-order valence-electron chi connectivity index (χ4n) is 8.77. The van der Waals surface area contributed by atoms with Gasteiger partial charge in [-0.2, -0.15) is 0 Å². The van der Waals surface area contributed by atoms with E-state index in [2.05, 4.69) is 31.0 Å². The van der Waals surface area contributed by atoms with Crippen molar-refractivity contribution in [2.45, 2.75) is 95.5 Å². The number of Topliss-reactive ketones (excluding diaryl/α,β-unsaturated/α-hetero) is 1. The van der Waals surface area contributed by atoms with Gasteiger partial charge in [-0.25, -0.2) is 0 Å². The topological polar surface area (TPSA) is 180 Å². The number of benzene rings is 4. The van der Waals surface area contributed by atoms with Crippen molar-refractivity contribution in [1.29, 1.82) is 0 Å². The second kappa shape index (κ2) is 22.6. The highest BCUT2D eigenvalue weighted by atomic mass is 35.5. The Labute approximate surface area is 411 Å². The number of carbonyl (C=O) groups is 3. The molecule has 0 radical (unpaired) electrons. The SMILES string of the molecule is CCNC(=O)C[C@@H]1N=C(c2ccc(SCCC(=O)NCCCCCCCC(=O)C[C@@H]3N=C(c4ccc(Cl)cc4)c4cc(OC)ccc4-n4c(C)nnc43)cc2)c2cc(OC)ccc2-n2c(C)nnc21. The van der Waals surface area contributed by atoms with Crippen molar-refractivity contribution in [1.82, 2.24) is 40.2 Å². The predicted molar refractivity (Wildman–Crippen MR) is 269 cm³/mol. The molecule has 8 rings (SSSR count). The summed E-state index contributed by atoms with van der Waals surface area (Å²) in [6, 6.07) is 26.3. The van der Waals surface area contributed by atoms with Gasteiger partial charge in [0.2, 0.25) is 11.8 Å². The Bertz CT molecular complexity index is 2880. The highest BCUT2D eigenvalue weighted by molar-refractivity contribution is 7.99. The van der Waals surface area contributed by atoms with E-state index < -0.39 is 12.1 Å². The Hall–Kier alpha value is -6.65. The minimum atomic E-state index is -0.550. The number of ketones is 1. The number of aryl methyl sites for hydroxylation is 2. The van der Waals surface area contributed by atoms with Crippen molar-refractivity contribution in [3.05, 3.63) is 136 Å². The van der Waals surface area contributed by atoms with E-state index in [9.17, 15) is 14.4 Å². The lowest BCUT2D eigenvalue weighted by atomic mass is 9.99. The Balaban J connectivity index is 0.783. The molecule has 2 aliphatic heterocycles. The van der Waals surface area contributed by atoms with Gasteiger partial charge >= 0.3 is 0 Å². The number of nitrogens with one attached hydrogen (secondary N) is 2. The molecule has 4 heterocycles. The molecule has 2 amide bonds. The van der Waals surface area contributed by atoms with E-state index in [4.69, 9.17) is 31.1 Å². The summed E-state index contributed by atoms with van der Waals surface area (Å²) in [4.78, 5) is 50.5. The number of ether oxygens (including phenoxy) is 2. The van der Waals surface area contributed by atoms with Crippen LogP contribution >= 0.6 is 23.4 Å². The number of aliphatic imine (C=N–C) groups is 2. The van der Waals surface area contributed by atoms with Crippen molar-refractivity contribution in [2.24, 2.45) is 9.98 Å². The van der Waals surface area contributed by atoms with Gasteiger partial charge in [0.05, 0.1) is 43.4 Å². The summed E-state index contributed by atoms with van der Waals surface area (Å²) in [5.41, 5.74) is 6.69. The van der Waals surface area contributed by atoms with Crippen LogP contribution in [-0.4, -0.2) is 91.6 Å². The van der Waals surface area contributed by atoms with Gasteiger partial charge in [-0.05, 0) is 94.3 Å². The number of thioether (sulfide) groups is 1. The van der Waals surface area contributed by atoms with E-state index >= 15 is 0 Å². The van der Waals surface area contributed by atoms with Crippen molar-refractivity contribution in [2.75, 3.05) is 33.1 Å². The number of amides is 2. The number of methoxy groups -OCH3 is 2. The van der Waals surface area contributed by atoms with Gasteiger partial charge in [0.25, 0.3) is 0 Å². The third kappa shape index (κ3) is 11.5. The molecule has 4 aromatic carbocycles. The zero-order chi connectivity index (χ0) is 48.4. The van der Waals surface area contributed by atoms with Gasteiger partial charge in [0, 0.05) is 70.3 Å². The number of aromatic nitrogens is 6. The second-order valence-electron chi connectivity index (χ2n) is 17.0. The molecule has 6 aromatic rings. The molecule has 2 aromatic heterocycles. The average Bonchev–Trinajstić information content (AvgIpc) is 3.86. The molecule has 0 aliphatic carbocycles. The van der Waals surface area contributed by atoms with E-state index in [1.165, 1.54) is 0 Å². The molecule has 2 N–H and O–H groups in total. The molecule has 17 heteroatoms. The number of halogens is 1. The fourth-order valence-corrected chi connectivity index (χ4v) is 9.75. The molecule has 0 saturated heterocycles. The summed E-state index contributed by atoms with van der Waals surface area (Å²) in [5, 5.41) is 24.3. The molecular formula is C52H57ClN10O5S.